The molecule has 0 aromatic rings. The minimum absolute atomic E-state index is 0.113. The van der Waals surface area contributed by atoms with E-state index in [1.165, 1.54) is 12.8 Å². The van der Waals surface area contributed by atoms with Gasteiger partial charge in [-0.05, 0) is 44.4 Å². The minimum atomic E-state index is -0.134. The van der Waals surface area contributed by atoms with Crippen molar-refractivity contribution in [1.29, 1.82) is 0 Å². The molecular formula is C15H29NO2. The highest BCUT2D eigenvalue weighted by Gasteiger charge is 2.34. The van der Waals surface area contributed by atoms with Crippen molar-refractivity contribution < 1.29 is 9.53 Å². The highest BCUT2D eigenvalue weighted by Crippen LogP contribution is 2.35. The Balaban J connectivity index is 2.63. The van der Waals surface area contributed by atoms with E-state index < -0.39 is 0 Å². The Morgan fingerprint density at radius 3 is 2.39 bits per heavy atom. The van der Waals surface area contributed by atoms with Crippen LogP contribution >= 0.6 is 0 Å². The number of carbonyl (C=O) groups excluding carboxylic acids is 1. The van der Waals surface area contributed by atoms with Crippen LogP contribution in [0.3, 0.4) is 0 Å². The second-order valence-electron chi connectivity index (χ2n) is 5.92. The van der Waals surface area contributed by atoms with Crippen LogP contribution in [0.4, 0.5) is 4.79 Å². The second-order valence-corrected chi connectivity index (χ2v) is 5.92. The van der Waals surface area contributed by atoms with Crippen molar-refractivity contribution in [3.8, 4) is 0 Å². The molecule has 0 saturated heterocycles. The van der Waals surface area contributed by atoms with E-state index >= 15 is 0 Å². The van der Waals surface area contributed by atoms with Gasteiger partial charge in [-0.1, -0.05) is 27.2 Å². The molecule has 0 aromatic heterocycles. The first-order valence-electron chi connectivity index (χ1n) is 7.45. The Hall–Kier alpha value is -0.730. The quantitative estimate of drug-likeness (QED) is 0.762. The summed E-state index contributed by atoms with van der Waals surface area (Å²) in [4.78, 5) is 13.8. The van der Waals surface area contributed by atoms with Crippen LogP contribution in [-0.2, 0) is 4.74 Å². The molecule has 0 unspecified atom stereocenters. The third kappa shape index (κ3) is 3.89. The predicted octanol–water partition coefficient (Wildman–Crippen LogP) is 3.93. The molecule has 3 atom stereocenters. The fourth-order valence-electron chi connectivity index (χ4n) is 2.94. The third-order valence-electron chi connectivity index (χ3n) is 4.24. The van der Waals surface area contributed by atoms with Crippen LogP contribution in [0.2, 0.25) is 0 Å². The zero-order valence-corrected chi connectivity index (χ0v) is 12.6. The van der Waals surface area contributed by atoms with Crippen molar-refractivity contribution in [1.82, 2.24) is 4.90 Å². The Labute approximate surface area is 112 Å². The number of carbonyl (C=O) groups is 1. The summed E-state index contributed by atoms with van der Waals surface area (Å²) >= 11 is 0. The lowest BCUT2D eigenvalue weighted by molar-refractivity contribution is -0.00908. The van der Waals surface area contributed by atoms with Crippen LogP contribution in [0.5, 0.6) is 0 Å². The van der Waals surface area contributed by atoms with Gasteiger partial charge in [-0.15, -0.1) is 0 Å². The molecule has 0 aliphatic heterocycles. The van der Waals surface area contributed by atoms with E-state index in [9.17, 15) is 4.79 Å². The van der Waals surface area contributed by atoms with E-state index in [1.807, 2.05) is 13.8 Å². The van der Waals surface area contributed by atoms with Crippen LogP contribution in [0.15, 0.2) is 0 Å². The Bertz CT molecular complexity index is 261. The Morgan fingerprint density at radius 1 is 1.28 bits per heavy atom. The molecule has 0 heterocycles. The molecule has 18 heavy (non-hydrogen) atoms. The summed E-state index contributed by atoms with van der Waals surface area (Å²) in [5.74, 6) is 1.79. The molecule has 0 aromatic carbocycles. The number of hydrogen-bond acceptors (Lipinski definition) is 2. The molecule has 1 saturated carbocycles. The molecule has 1 aliphatic carbocycles. The van der Waals surface area contributed by atoms with E-state index in [0.29, 0.717) is 17.8 Å². The number of rotatable bonds is 4. The van der Waals surface area contributed by atoms with Gasteiger partial charge in [-0.25, -0.2) is 4.79 Å². The van der Waals surface area contributed by atoms with Gasteiger partial charge in [-0.3, -0.25) is 0 Å². The third-order valence-corrected chi connectivity index (χ3v) is 4.24. The smallest absolute Gasteiger partial charge is 0.410 e. The molecule has 0 bridgehead atoms. The van der Waals surface area contributed by atoms with Crippen LogP contribution in [0.25, 0.3) is 0 Å². The van der Waals surface area contributed by atoms with Crippen LogP contribution in [-0.4, -0.2) is 30.2 Å². The van der Waals surface area contributed by atoms with E-state index in [1.54, 1.807) is 4.90 Å². The van der Waals surface area contributed by atoms with Gasteiger partial charge in [0.1, 0.15) is 6.10 Å². The van der Waals surface area contributed by atoms with Crippen molar-refractivity contribution in [2.45, 2.75) is 60.0 Å². The van der Waals surface area contributed by atoms with Gasteiger partial charge >= 0.3 is 6.09 Å². The largest absolute Gasteiger partial charge is 0.446 e. The normalized spacial score (nSPS) is 28.2. The van der Waals surface area contributed by atoms with Crippen molar-refractivity contribution in [2.75, 3.05) is 13.1 Å². The van der Waals surface area contributed by atoms with Gasteiger partial charge in [0.15, 0.2) is 0 Å². The van der Waals surface area contributed by atoms with E-state index in [2.05, 4.69) is 20.8 Å². The molecule has 0 spiro atoms. The molecule has 1 fully saturated rings. The summed E-state index contributed by atoms with van der Waals surface area (Å²) in [6.45, 7) is 12.2. The van der Waals surface area contributed by atoms with Gasteiger partial charge < -0.3 is 9.64 Å². The summed E-state index contributed by atoms with van der Waals surface area (Å²) in [6, 6.07) is 0. The first kappa shape index (κ1) is 15.3. The Morgan fingerprint density at radius 2 is 1.89 bits per heavy atom. The van der Waals surface area contributed by atoms with Gasteiger partial charge in [0.05, 0.1) is 0 Å². The number of amides is 1. The van der Waals surface area contributed by atoms with Gasteiger partial charge in [0, 0.05) is 13.1 Å². The molecule has 1 aliphatic rings. The number of ether oxygens (including phenoxy) is 1. The van der Waals surface area contributed by atoms with E-state index in [0.717, 1.165) is 19.5 Å². The molecule has 1 amide bonds. The second kappa shape index (κ2) is 7.01. The maximum Gasteiger partial charge on any atom is 0.410 e. The van der Waals surface area contributed by atoms with Gasteiger partial charge in [0.2, 0.25) is 0 Å². The summed E-state index contributed by atoms with van der Waals surface area (Å²) in [5.41, 5.74) is 0. The molecule has 3 heteroatoms. The van der Waals surface area contributed by atoms with Gasteiger partial charge in [0.25, 0.3) is 0 Å². The zero-order chi connectivity index (χ0) is 13.7. The van der Waals surface area contributed by atoms with E-state index in [4.69, 9.17) is 4.74 Å². The zero-order valence-electron chi connectivity index (χ0n) is 12.6. The average Bonchev–Trinajstić information content (AvgIpc) is 2.30. The maximum absolute atomic E-state index is 12.1. The van der Waals surface area contributed by atoms with E-state index in [-0.39, 0.29) is 12.2 Å². The first-order chi connectivity index (χ1) is 8.49. The van der Waals surface area contributed by atoms with Crippen molar-refractivity contribution >= 4 is 6.09 Å². The lowest BCUT2D eigenvalue weighted by Gasteiger charge is -2.37. The number of hydrogen-bond donors (Lipinski definition) is 0. The standard InChI is InChI=1S/C15H29NO2/c1-6-16(7-2)15(17)18-14-10-12(5)8-9-13(14)11(3)4/h11-14H,6-10H2,1-5H3/t12-,13-,14-/m1/s1. The summed E-state index contributed by atoms with van der Waals surface area (Å²) in [7, 11) is 0. The highest BCUT2D eigenvalue weighted by atomic mass is 16.6. The lowest BCUT2D eigenvalue weighted by atomic mass is 9.75. The van der Waals surface area contributed by atoms with Crippen LogP contribution in [0, 0.1) is 17.8 Å². The van der Waals surface area contributed by atoms with Crippen molar-refractivity contribution in [2.24, 2.45) is 17.8 Å². The lowest BCUT2D eigenvalue weighted by Crippen LogP contribution is -2.40. The summed E-state index contributed by atoms with van der Waals surface area (Å²) < 4.78 is 5.77. The van der Waals surface area contributed by atoms with Crippen LogP contribution in [0.1, 0.15) is 53.9 Å². The van der Waals surface area contributed by atoms with Crippen LogP contribution < -0.4 is 0 Å². The Kier molecular flexibility index (Phi) is 5.97. The SMILES string of the molecule is CCN(CC)C(=O)O[C@@H]1C[C@H](C)CC[C@@H]1C(C)C. The maximum atomic E-state index is 12.1. The first-order valence-corrected chi connectivity index (χ1v) is 7.45. The van der Waals surface area contributed by atoms with Crippen molar-refractivity contribution in [3.63, 3.8) is 0 Å². The summed E-state index contributed by atoms with van der Waals surface area (Å²) in [5, 5.41) is 0. The molecule has 0 N–H and O–H groups in total. The average molecular weight is 255 g/mol. The topological polar surface area (TPSA) is 29.5 Å². The summed E-state index contributed by atoms with van der Waals surface area (Å²) in [6.07, 6.45) is 3.46. The fourth-order valence-corrected chi connectivity index (χ4v) is 2.94. The van der Waals surface area contributed by atoms with Gasteiger partial charge in [-0.2, -0.15) is 0 Å². The molecule has 1 rings (SSSR count). The molecule has 106 valence electrons. The molecule has 3 nitrogen and oxygen atoms in total. The highest BCUT2D eigenvalue weighted by molar-refractivity contribution is 5.67. The molecule has 0 radical (unpaired) electrons. The number of nitrogens with zero attached hydrogens (tertiary/aromatic N) is 1. The predicted molar refractivity (Wildman–Crippen MR) is 74.5 cm³/mol. The van der Waals surface area contributed by atoms with Crippen molar-refractivity contribution in [3.05, 3.63) is 0 Å². The molecular weight excluding hydrogens is 226 g/mol. The fraction of sp³-hybridized carbons (Fsp3) is 0.933. The monoisotopic (exact) mass is 255 g/mol. The minimum Gasteiger partial charge on any atom is -0.446 e.